The lowest BCUT2D eigenvalue weighted by Crippen LogP contribution is -2.45. The Bertz CT molecular complexity index is 1030. The Kier molecular flexibility index (Phi) is 7.29. The first-order valence-corrected chi connectivity index (χ1v) is 12.0. The topological polar surface area (TPSA) is 86.3 Å². The van der Waals surface area contributed by atoms with Crippen LogP contribution in [0.5, 0.6) is 0 Å². The van der Waals surface area contributed by atoms with E-state index >= 15 is 0 Å². The highest BCUT2D eigenvalue weighted by Gasteiger charge is 2.24. The van der Waals surface area contributed by atoms with Crippen molar-refractivity contribution in [2.24, 2.45) is 5.92 Å². The fourth-order valence-electron chi connectivity index (χ4n) is 3.97. The Morgan fingerprint density at radius 1 is 1.09 bits per heavy atom. The molecule has 2 N–H and O–H groups in total. The van der Waals surface area contributed by atoms with Crippen molar-refractivity contribution in [3.63, 3.8) is 0 Å². The summed E-state index contributed by atoms with van der Waals surface area (Å²) in [6.07, 6.45) is 1.87. The minimum Gasteiger partial charge on any atom is -0.358 e. The van der Waals surface area contributed by atoms with Gasteiger partial charge in [0.1, 0.15) is 22.7 Å². The molecule has 0 unspecified atom stereocenters. The van der Waals surface area contributed by atoms with Gasteiger partial charge in [0.25, 0.3) is 0 Å². The highest BCUT2D eigenvalue weighted by Crippen LogP contribution is 2.23. The molecule has 170 valence electrons. The van der Waals surface area contributed by atoms with E-state index in [-0.39, 0.29) is 17.9 Å². The van der Waals surface area contributed by atoms with Crippen molar-refractivity contribution in [1.82, 2.24) is 30.1 Å². The minimum atomic E-state index is -0.361. The van der Waals surface area contributed by atoms with Gasteiger partial charge in [0.15, 0.2) is 0 Å². The normalized spacial score (nSPS) is 16.4. The average molecular weight is 454 g/mol. The zero-order valence-electron chi connectivity index (χ0n) is 18.9. The van der Waals surface area contributed by atoms with Crippen molar-refractivity contribution in [3.05, 3.63) is 46.7 Å². The minimum absolute atomic E-state index is 0.0411. The number of benzene rings is 1. The standard InChI is InChI=1S/C23H31N7OS/c1-16(2)21(23(31)24-3)28-22-17-6-4-5-7-18(17)26-19(27-22)14-29-9-11-30(12-10-29)15-20-25-8-13-32-20/h4-8,13,16,21H,9-12,14-15H2,1-3H3,(H,24,31)(H,26,27,28)/t21-/m0/s1. The van der Waals surface area contributed by atoms with Gasteiger partial charge in [-0.15, -0.1) is 11.3 Å². The molecule has 0 spiro atoms. The Morgan fingerprint density at radius 2 is 1.81 bits per heavy atom. The Balaban J connectivity index is 1.48. The van der Waals surface area contributed by atoms with Crippen LogP contribution >= 0.6 is 11.3 Å². The van der Waals surface area contributed by atoms with Crippen LogP contribution in [-0.4, -0.2) is 69.9 Å². The summed E-state index contributed by atoms with van der Waals surface area (Å²) >= 11 is 1.71. The molecule has 2 aromatic heterocycles. The third kappa shape index (κ3) is 5.40. The van der Waals surface area contributed by atoms with Gasteiger partial charge < -0.3 is 10.6 Å². The monoisotopic (exact) mass is 453 g/mol. The molecule has 1 atom stereocenters. The van der Waals surface area contributed by atoms with Gasteiger partial charge in [-0.1, -0.05) is 26.0 Å². The number of aromatic nitrogens is 3. The Hall–Kier alpha value is -2.62. The third-order valence-corrected chi connectivity index (χ3v) is 6.57. The van der Waals surface area contributed by atoms with Gasteiger partial charge in [0.2, 0.25) is 5.91 Å². The number of anilines is 1. The summed E-state index contributed by atoms with van der Waals surface area (Å²) < 4.78 is 0. The van der Waals surface area contributed by atoms with E-state index in [0.29, 0.717) is 6.54 Å². The first-order chi connectivity index (χ1) is 15.5. The molecule has 0 saturated carbocycles. The average Bonchev–Trinajstić information content (AvgIpc) is 3.31. The number of para-hydroxylation sites is 1. The molecule has 1 saturated heterocycles. The maximum atomic E-state index is 12.4. The van der Waals surface area contributed by atoms with E-state index in [9.17, 15) is 4.79 Å². The molecular formula is C23H31N7OS. The summed E-state index contributed by atoms with van der Waals surface area (Å²) in [5.74, 6) is 1.58. The molecule has 1 fully saturated rings. The van der Waals surface area contributed by atoms with Crippen LogP contribution in [0.3, 0.4) is 0 Å². The van der Waals surface area contributed by atoms with Crippen LogP contribution in [0.25, 0.3) is 10.9 Å². The zero-order chi connectivity index (χ0) is 22.5. The van der Waals surface area contributed by atoms with Crippen molar-refractivity contribution in [2.45, 2.75) is 33.0 Å². The maximum absolute atomic E-state index is 12.4. The fraction of sp³-hybridized carbons (Fsp3) is 0.478. The highest BCUT2D eigenvalue weighted by atomic mass is 32.1. The Labute approximate surface area is 193 Å². The van der Waals surface area contributed by atoms with Gasteiger partial charge in [-0.3, -0.25) is 14.6 Å². The number of nitrogens with one attached hydrogen (secondary N) is 2. The van der Waals surface area contributed by atoms with Gasteiger partial charge in [-0.05, 0) is 18.1 Å². The van der Waals surface area contributed by atoms with Crippen molar-refractivity contribution < 1.29 is 4.79 Å². The predicted octanol–water partition coefficient (Wildman–Crippen LogP) is 2.59. The van der Waals surface area contributed by atoms with Gasteiger partial charge in [-0.25, -0.2) is 15.0 Å². The number of carbonyl (C=O) groups excluding carboxylic acids is 1. The second kappa shape index (κ2) is 10.3. The van der Waals surface area contributed by atoms with Gasteiger partial charge >= 0.3 is 0 Å². The molecule has 9 heteroatoms. The van der Waals surface area contributed by atoms with Crippen LogP contribution in [0.2, 0.25) is 0 Å². The van der Waals surface area contributed by atoms with E-state index in [0.717, 1.165) is 55.3 Å². The lowest BCUT2D eigenvalue weighted by molar-refractivity contribution is -0.122. The zero-order valence-corrected chi connectivity index (χ0v) is 19.7. The van der Waals surface area contributed by atoms with E-state index in [4.69, 9.17) is 9.97 Å². The number of fused-ring (bicyclic) bond motifs is 1. The summed E-state index contributed by atoms with van der Waals surface area (Å²) in [7, 11) is 1.66. The third-order valence-electron chi connectivity index (χ3n) is 5.81. The molecule has 0 bridgehead atoms. The summed E-state index contributed by atoms with van der Waals surface area (Å²) in [4.78, 5) is 31.3. The number of amides is 1. The second-order valence-electron chi connectivity index (χ2n) is 8.46. The summed E-state index contributed by atoms with van der Waals surface area (Å²) in [6, 6.07) is 7.60. The van der Waals surface area contributed by atoms with Crippen LogP contribution in [0.15, 0.2) is 35.8 Å². The first-order valence-electron chi connectivity index (χ1n) is 11.1. The number of nitrogens with zero attached hydrogens (tertiary/aromatic N) is 5. The molecule has 0 radical (unpaired) electrons. The lowest BCUT2D eigenvalue weighted by Gasteiger charge is -2.33. The molecule has 8 nitrogen and oxygen atoms in total. The van der Waals surface area contributed by atoms with Crippen LogP contribution in [0, 0.1) is 5.92 Å². The van der Waals surface area contributed by atoms with Crippen molar-refractivity contribution >= 4 is 34.0 Å². The smallest absolute Gasteiger partial charge is 0.242 e. The van der Waals surface area contributed by atoms with E-state index in [2.05, 4.69) is 25.4 Å². The van der Waals surface area contributed by atoms with Crippen molar-refractivity contribution in [2.75, 3.05) is 38.5 Å². The lowest BCUT2D eigenvalue weighted by atomic mass is 10.0. The Morgan fingerprint density at radius 3 is 2.47 bits per heavy atom. The number of thiazole rings is 1. The number of carbonyl (C=O) groups is 1. The van der Waals surface area contributed by atoms with Crippen LogP contribution in [-0.2, 0) is 17.9 Å². The molecule has 3 heterocycles. The van der Waals surface area contributed by atoms with E-state index in [1.54, 1.807) is 18.4 Å². The summed E-state index contributed by atoms with van der Waals surface area (Å²) in [5.41, 5.74) is 0.891. The van der Waals surface area contributed by atoms with Crippen LogP contribution in [0.4, 0.5) is 5.82 Å². The summed E-state index contributed by atoms with van der Waals surface area (Å²) in [5, 5.41) is 10.3. The van der Waals surface area contributed by atoms with E-state index in [1.165, 1.54) is 5.01 Å². The van der Waals surface area contributed by atoms with Gasteiger partial charge in [-0.2, -0.15) is 0 Å². The molecule has 32 heavy (non-hydrogen) atoms. The van der Waals surface area contributed by atoms with Crippen LogP contribution < -0.4 is 10.6 Å². The van der Waals surface area contributed by atoms with Crippen molar-refractivity contribution in [1.29, 1.82) is 0 Å². The maximum Gasteiger partial charge on any atom is 0.242 e. The van der Waals surface area contributed by atoms with E-state index in [1.807, 2.05) is 49.7 Å². The first kappa shape index (κ1) is 22.6. The molecule has 0 aliphatic carbocycles. The SMILES string of the molecule is CNC(=O)[C@@H](Nc1nc(CN2CCN(Cc3nccs3)CC2)nc2ccccc12)C(C)C. The number of hydrogen-bond donors (Lipinski definition) is 2. The fourth-order valence-corrected chi connectivity index (χ4v) is 4.63. The second-order valence-corrected chi connectivity index (χ2v) is 9.44. The van der Waals surface area contributed by atoms with E-state index < -0.39 is 0 Å². The van der Waals surface area contributed by atoms with Gasteiger partial charge in [0.05, 0.1) is 18.6 Å². The number of hydrogen-bond acceptors (Lipinski definition) is 8. The van der Waals surface area contributed by atoms with Crippen LogP contribution in [0.1, 0.15) is 24.7 Å². The molecule has 4 rings (SSSR count). The molecule has 3 aromatic rings. The quantitative estimate of drug-likeness (QED) is 0.542. The van der Waals surface area contributed by atoms with Gasteiger partial charge in [0, 0.05) is 50.2 Å². The number of rotatable bonds is 8. The molecular weight excluding hydrogens is 422 g/mol. The molecule has 1 aliphatic rings. The molecule has 1 aliphatic heterocycles. The van der Waals surface area contributed by atoms with Crippen molar-refractivity contribution in [3.8, 4) is 0 Å². The largest absolute Gasteiger partial charge is 0.358 e. The number of likely N-dealkylation sites (N-methyl/N-ethyl adjacent to an activating group) is 1. The predicted molar refractivity (Wildman–Crippen MR) is 129 cm³/mol. The molecule has 1 amide bonds. The summed E-state index contributed by atoms with van der Waals surface area (Å²) in [6.45, 7) is 9.62. The number of piperazine rings is 1. The molecule has 1 aromatic carbocycles. The highest BCUT2D eigenvalue weighted by molar-refractivity contribution is 7.09.